The van der Waals surface area contributed by atoms with E-state index in [4.69, 9.17) is 0 Å². The van der Waals surface area contributed by atoms with Crippen LogP contribution in [0.5, 0.6) is 0 Å². The Bertz CT molecular complexity index is 640. The second-order valence-corrected chi connectivity index (χ2v) is 17.6. The van der Waals surface area contributed by atoms with Gasteiger partial charge in [0.15, 0.2) is 0 Å². The second-order valence-electron chi connectivity index (χ2n) is 11.0. The summed E-state index contributed by atoms with van der Waals surface area (Å²) in [6, 6.07) is 0. The third kappa shape index (κ3) is 3.60. The van der Waals surface area contributed by atoms with E-state index < -0.39 is 19.8 Å². The molecular formula is C25H42INO. The Morgan fingerprint density at radius 1 is 1.11 bits per heavy atom. The van der Waals surface area contributed by atoms with Crippen LogP contribution in [0.3, 0.4) is 0 Å². The van der Waals surface area contributed by atoms with Gasteiger partial charge in [0.2, 0.25) is 0 Å². The number of nitrogens with zero attached hydrogens (tertiary/aromatic N) is 1. The van der Waals surface area contributed by atoms with Crippen LogP contribution < -0.4 is 0 Å². The van der Waals surface area contributed by atoms with Gasteiger partial charge in [-0.3, -0.25) is 0 Å². The van der Waals surface area contributed by atoms with Crippen molar-refractivity contribution < 1.29 is 5.21 Å². The molecule has 160 valence electrons. The Labute approximate surface area is 180 Å². The van der Waals surface area contributed by atoms with Gasteiger partial charge in [0, 0.05) is 0 Å². The van der Waals surface area contributed by atoms with Gasteiger partial charge in [-0.1, -0.05) is 0 Å². The van der Waals surface area contributed by atoms with E-state index in [1.165, 1.54) is 62.2 Å². The van der Waals surface area contributed by atoms with Crippen molar-refractivity contribution in [1.29, 1.82) is 0 Å². The predicted molar refractivity (Wildman–Crippen MR) is 129 cm³/mol. The molecule has 0 aromatic carbocycles. The number of oxime groups is 1. The predicted octanol–water partition coefficient (Wildman–Crippen LogP) is 7.62. The van der Waals surface area contributed by atoms with E-state index in [1.807, 2.05) is 0 Å². The van der Waals surface area contributed by atoms with Crippen LogP contribution in [0.15, 0.2) is 16.8 Å². The van der Waals surface area contributed by atoms with E-state index in [0.29, 0.717) is 10.8 Å². The zero-order valence-electron chi connectivity index (χ0n) is 18.6. The van der Waals surface area contributed by atoms with Crippen LogP contribution in [-0.2, 0) is 0 Å². The molecule has 2 nitrogen and oxygen atoms in total. The molecule has 2 aliphatic heterocycles. The van der Waals surface area contributed by atoms with Crippen molar-refractivity contribution in [1.82, 2.24) is 0 Å². The molecule has 5 unspecified atom stereocenters. The maximum absolute atomic E-state index is 9.26. The van der Waals surface area contributed by atoms with E-state index in [-0.39, 0.29) is 0 Å². The van der Waals surface area contributed by atoms with Crippen LogP contribution in [0.4, 0.5) is 0 Å². The number of fused-ring (bicyclic) bond motifs is 5. The van der Waals surface area contributed by atoms with Crippen LogP contribution in [0.2, 0.25) is 0 Å². The minimum absolute atomic E-state index is 0.438. The van der Waals surface area contributed by atoms with Gasteiger partial charge in [-0.15, -0.1) is 0 Å². The summed E-state index contributed by atoms with van der Waals surface area (Å²) in [7, 11) is 0. The van der Waals surface area contributed by atoms with Gasteiger partial charge in [0.25, 0.3) is 0 Å². The molecule has 0 bridgehead atoms. The Hall–Kier alpha value is -0.0600. The van der Waals surface area contributed by atoms with Crippen LogP contribution >= 0.6 is 19.8 Å². The van der Waals surface area contributed by atoms with Gasteiger partial charge >= 0.3 is 181 Å². The zero-order chi connectivity index (χ0) is 19.9. The monoisotopic (exact) mass is 499 g/mol. The molecule has 0 aromatic heterocycles. The summed E-state index contributed by atoms with van der Waals surface area (Å²) in [4.78, 5) is 0. The second kappa shape index (κ2) is 8.23. The summed E-state index contributed by atoms with van der Waals surface area (Å²) in [6.45, 7) is 10.0. The first kappa shape index (κ1) is 21.2. The number of rotatable bonds is 5. The molecule has 0 radical (unpaired) electrons. The molecule has 4 aliphatic rings. The molecule has 1 N–H and O–H groups in total. The average molecular weight is 500 g/mol. The minimum atomic E-state index is -0.955. The van der Waals surface area contributed by atoms with Crippen molar-refractivity contribution in [3.8, 4) is 0 Å². The molecule has 2 aliphatic carbocycles. The molecule has 28 heavy (non-hydrogen) atoms. The molecule has 5 atom stereocenters. The Kier molecular flexibility index (Phi) is 6.22. The van der Waals surface area contributed by atoms with Crippen LogP contribution in [-0.4, -0.2) is 23.2 Å². The van der Waals surface area contributed by atoms with E-state index >= 15 is 0 Å². The van der Waals surface area contributed by atoms with Crippen molar-refractivity contribution in [2.45, 2.75) is 106 Å². The molecule has 3 heteroatoms. The summed E-state index contributed by atoms with van der Waals surface area (Å²) >= 11 is -0.955. The standard InChI is InChI=1S/C25H42INO/c1-18(2)7-5-6-8-19-9-10-22-24(19,3)15-12-23-25(4)14-11-21(27-28)17-20(25)13-16-26(22)23/h17-19,22-23,28H,5-16H2,1-4H3/b27-21-. The Balaban J connectivity index is 1.46. The zero-order valence-corrected chi connectivity index (χ0v) is 20.8. The normalized spacial score (nSPS) is 42.9. The van der Waals surface area contributed by atoms with E-state index in [1.54, 1.807) is 12.0 Å². The summed E-state index contributed by atoms with van der Waals surface area (Å²) in [5.41, 5.74) is 3.69. The summed E-state index contributed by atoms with van der Waals surface area (Å²) in [5.74, 6) is 1.89. The number of hydrogen-bond donors (Lipinski definition) is 1. The molecule has 1 saturated carbocycles. The van der Waals surface area contributed by atoms with Crippen molar-refractivity contribution in [3.63, 3.8) is 0 Å². The first-order valence-corrected chi connectivity index (χ1v) is 15.9. The number of allylic oxidation sites excluding steroid dienone is 2. The molecule has 0 spiro atoms. The number of halogens is 1. The molecule has 4 rings (SSSR count). The van der Waals surface area contributed by atoms with Crippen LogP contribution in [0.1, 0.15) is 98.3 Å². The van der Waals surface area contributed by atoms with Gasteiger partial charge in [-0.2, -0.15) is 0 Å². The van der Waals surface area contributed by atoms with Crippen molar-refractivity contribution >= 4 is 25.5 Å². The topological polar surface area (TPSA) is 32.6 Å². The van der Waals surface area contributed by atoms with Crippen LogP contribution in [0.25, 0.3) is 0 Å². The van der Waals surface area contributed by atoms with E-state index in [0.717, 1.165) is 31.8 Å². The van der Waals surface area contributed by atoms with Crippen molar-refractivity contribution in [3.05, 3.63) is 11.6 Å². The molecular weight excluding hydrogens is 457 g/mol. The fourth-order valence-electron chi connectivity index (χ4n) is 7.15. The number of alkyl halides is 3. The first-order chi connectivity index (χ1) is 13.4. The molecule has 2 saturated heterocycles. The van der Waals surface area contributed by atoms with E-state index in [9.17, 15) is 5.21 Å². The third-order valence-electron chi connectivity index (χ3n) is 8.99. The summed E-state index contributed by atoms with van der Waals surface area (Å²) < 4.78 is 3.68. The number of hydrogen-bond acceptors (Lipinski definition) is 2. The fraction of sp³-hybridized carbons (Fsp3) is 0.880. The van der Waals surface area contributed by atoms with Crippen molar-refractivity contribution in [2.24, 2.45) is 27.8 Å². The Morgan fingerprint density at radius 3 is 2.68 bits per heavy atom. The molecule has 2 heterocycles. The molecule has 0 aromatic rings. The Morgan fingerprint density at radius 2 is 1.93 bits per heavy atom. The van der Waals surface area contributed by atoms with Gasteiger partial charge < -0.3 is 0 Å². The van der Waals surface area contributed by atoms with Crippen molar-refractivity contribution in [2.75, 3.05) is 4.43 Å². The van der Waals surface area contributed by atoms with E-state index in [2.05, 4.69) is 38.9 Å². The fourth-order valence-corrected chi connectivity index (χ4v) is 18.3. The SMILES string of the molecule is CC(C)CCCCC1CCC2I3CCC4=C/C(=N\O)CCC4(C)C3CCC12C. The summed E-state index contributed by atoms with van der Waals surface area (Å²) in [5, 5.41) is 12.8. The molecule has 3 fully saturated rings. The van der Waals surface area contributed by atoms with Crippen LogP contribution in [0, 0.1) is 22.7 Å². The van der Waals surface area contributed by atoms with Gasteiger partial charge in [0.1, 0.15) is 0 Å². The molecule has 0 amide bonds. The van der Waals surface area contributed by atoms with Gasteiger partial charge in [0.05, 0.1) is 0 Å². The third-order valence-corrected chi connectivity index (χ3v) is 18.7. The first-order valence-electron chi connectivity index (χ1n) is 11.9. The quantitative estimate of drug-likeness (QED) is 0.136. The maximum atomic E-state index is 9.26. The summed E-state index contributed by atoms with van der Waals surface area (Å²) in [6.07, 6.45) is 17.7. The van der Waals surface area contributed by atoms with Gasteiger partial charge in [-0.05, 0) is 0 Å². The van der Waals surface area contributed by atoms with Gasteiger partial charge in [-0.25, -0.2) is 0 Å². The number of unbranched alkanes of at least 4 members (excludes halogenated alkanes) is 1. The average Bonchev–Trinajstić information content (AvgIpc) is 3.01.